The summed E-state index contributed by atoms with van der Waals surface area (Å²) in [4.78, 5) is 29.2. The zero-order valence-corrected chi connectivity index (χ0v) is 10.3. The Morgan fingerprint density at radius 2 is 2.16 bits per heavy atom. The fourth-order valence-corrected chi connectivity index (χ4v) is 2.47. The highest BCUT2D eigenvalue weighted by atomic mass is 19.1. The first-order chi connectivity index (χ1) is 9.15. The van der Waals surface area contributed by atoms with E-state index < -0.39 is 11.9 Å². The first kappa shape index (κ1) is 12.1. The Labute approximate surface area is 109 Å². The Balaban J connectivity index is 1.83. The van der Waals surface area contributed by atoms with Crippen LogP contribution in [0.2, 0.25) is 0 Å². The van der Waals surface area contributed by atoms with Gasteiger partial charge in [-0.25, -0.2) is 4.39 Å². The van der Waals surface area contributed by atoms with Gasteiger partial charge >= 0.3 is 0 Å². The summed E-state index contributed by atoms with van der Waals surface area (Å²) in [5.74, 6) is -0.424. The van der Waals surface area contributed by atoms with Crippen molar-refractivity contribution in [3.63, 3.8) is 0 Å². The van der Waals surface area contributed by atoms with Crippen LogP contribution in [-0.2, 0) is 16.1 Å². The van der Waals surface area contributed by atoms with Crippen LogP contribution < -0.4 is 5.32 Å². The predicted octanol–water partition coefficient (Wildman–Crippen LogP) is 0.458. The second-order valence-corrected chi connectivity index (χ2v) is 5.03. The highest BCUT2D eigenvalue weighted by Gasteiger charge is 2.44. The number of pyridine rings is 1. The maximum absolute atomic E-state index is 13.1. The minimum absolute atomic E-state index is 0.0186. The molecule has 0 radical (unpaired) electrons. The lowest BCUT2D eigenvalue weighted by Gasteiger charge is -2.35. The van der Waals surface area contributed by atoms with Crippen LogP contribution in [0.3, 0.4) is 0 Å². The first-order valence-electron chi connectivity index (χ1n) is 6.32. The minimum atomic E-state index is -0.436. The molecule has 1 unspecified atom stereocenters. The van der Waals surface area contributed by atoms with Crippen LogP contribution in [0.15, 0.2) is 18.5 Å². The zero-order valence-electron chi connectivity index (χ0n) is 10.3. The average Bonchev–Trinajstić information content (AvgIpc) is 3.18. The summed E-state index contributed by atoms with van der Waals surface area (Å²) >= 11 is 0. The summed E-state index contributed by atoms with van der Waals surface area (Å²) in [5.41, 5.74) is 0.605. The average molecular weight is 263 g/mol. The molecule has 5 nitrogen and oxygen atoms in total. The third kappa shape index (κ3) is 2.43. The molecule has 1 aromatic rings. The number of hydrogen-bond donors (Lipinski definition) is 1. The van der Waals surface area contributed by atoms with Crippen LogP contribution >= 0.6 is 0 Å². The van der Waals surface area contributed by atoms with Crippen LogP contribution in [-0.4, -0.2) is 34.3 Å². The van der Waals surface area contributed by atoms with E-state index in [0.717, 1.165) is 19.0 Å². The molecule has 2 fully saturated rings. The molecule has 1 aliphatic carbocycles. The van der Waals surface area contributed by atoms with E-state index in [1.165, 1.54) is 12.3 Å². The van der Waals surface area contributed by atoms with Crippen LogP contribution in [0.1, 0.15) is 18.4 Å². The minimum Gasteiger partial charge on any atom is -0.345 e. The maximum Gasteiger partial charge on any atom is 0.243 e. The molecule has 1 aliphatic heterocycles. The van der Waals surface area contributed by atoms with E-state index in [4.69, 9.17) is 0 Å². The topological polar surface area (TPSA) is 62.3 Å². The highest BCUT2D eigenvalue weighted by Crippen LogP contribution is 2.36. The van der Waals surface area contributed by atoms with Gasteiger partial charge < -0.3 is 10.2 Å². The van der Waals surface area contributed by atoms with Crippen LogP contribution in [0, 0.1) is 11.7 Å². The standard InChI is InChI=1S/C13H14FN3O2/c14-10-3-8(4-15-5-10)7-17-11(18)6-16-13(19)12(17)9-1-2-9/h3-5,9,12H,1-2,6-7H2,(H,16,19). The van der Waals surface area contributed by atoms with Gasteiger partial charge in [-0.15, -0.1) is 0 Å². The number of nitrogens with one attached hydrogen (secondary N) is 1. The second kappa shape index (κ2) is 4.60. The second-order valence-electron chi connectivity index (χ2n) is 5.03. The SMILES string of the molecule is O=C1NCC(=O)N(Cc2cncc(F)c2)C1C1CC1. The predicted molar refractivity (Wildman–Crippen MR) is 64.3 cm³/mol. The van der Waals surface area contributed by atoms with Gasteiger partial charge in [0.2, 0.25) is 11.8 Å². The maximum atomic E-state index is 13.1. The first-order valence-corrected chi connectivity index (χ1v) is 6.32. The number of rotatable bonds is 3. The fraction of sp³-hybridized carbons (Fsp3) is 0.462. The van der Waals surface area contributed by atoms with Gasteiger partial charge in [0.25, 0.3) is 0 Å². The Bertz CT molecular complexity index is 530. The number of carbonyl (C=O) groups excluding carboxylic acids is 2. The van der Waals surface area contributed by atoms with Crippen molar-refractivity contribution < 1.29 is 14.0 Å². The summed E-state index contributed by atoms with van der Waals surface area (Å²) in [5, 5.41) is 2.61. The van der Waals surface area contributed by atoms with Crippen LogP contribution in [0.25, 0.3) is 0 Å². The highest BCUT2D eigenvalue weighted by molar-refractivity contribution is 5.95. The smallest absolute Gasteiger partial charge is 0.243 e. The largest absolute Gasteiger partial charge is 0.345 e. The number of amides is 2. The summed E-state index contributed by atoms with van der Waals surface area (Å²) < 4.78 is 13.1. The number of aromatic nitrogens is 1. The Morgan fingerprint density at radius 1 is 1.37 bits per heavy atom. The van der Waals surface area contributed by atoms with E-state index in [2.05, 4.69) is 10.3 Å². The van der Waals surface area contributed by atoms with E-state index in [-0.39, 0.29) is 30.8 Å². The van der Waals surface area contributed by atoms with Crippen molar-refractivity contribution in [3.8, 4) is 0 Å². The lowest BCUT2D eigenvalue weighted by molar-refractivity contribution is -0.147. The normalized spacial score (nSPS) is 23.4. The van der Waals surface area contributed by atoms with Gasteiger partial charge in [-0.05, 0) is 30.4 Å². The van der Waals surface area contributed by atoms with E-state index in [1.807, 2.05) is 0 Å². The molecule has 0 aromatic carbocycles. The summed E-state index contributed by atoms with van der Waals surface area (Å²) in [6.45, 7) is 0.253. The van der Waals surface area contributed by atoms with Crippen molar-refractivity contribution in [3.05, 3.63) is 29.8 Å². The van der Waals surface area contributed by atoms with Gasteiger partial charge in [-0.2, -0.15) is 0 Å². The molecule has 0 bridgehead atoms. The molecular formula is C13H14FN3O2. The van der Waals surface area contributed by atoms with Gasteiger partial charge in [0.05, 0.1) is 12.7 Å². The number of hydrogen-bond acceptors (Lipinski definition) is 3. The van der Waals surface area contributed by atoms with Crippen LogP contribution in [0.4, 0.5) is 4.39 Å². The molecule has 2 aliphatic rings. The lowest BCUT2D eigenvalue weighted by Crippen LogP contribution is -2.58. The van der Waals surface area contributed by atoms with Gasteiger partial charge in [-0.1, -0.05) is 0 Å². The molecule has 100 valence electrons. The molecular weight excluding hydrogens is 249 g/mol. The molecule has 6 heteroatoms. The Morgan fingerprint density at radius 3 is 2.84 bits per heavy atom. The van der Waals surface area contributed by atoms with Gasteiger partial charge in [0, 0.05) is 12.7 Å². The summed E-state index contributed by atoms with van der Waals surface area (Å²) in [6.07, 6.45) is 4.56. The fourth-order valence-electron chi connectivity index (χ4n) is 2.47. The molecule has 2 heterocycles. The van der Waals surface area contributed by atoms with E-state index in [0.29, 0.717) is 5.56 Å². The van der Waals surface area contributed by atoms with Gasteiger partial charge in [0.15, 0.2) is 0 Å². The molecule has 3 rings (SSSR count). The Hall–Kier alpha value is -1.98. The molecule has 19 heavy (non-hydrogen) atoms. The van der Waals surface area contributed by atoms with Crippen molar-refractivity contribution in [2.24, 2.45) is 5.92 Å². The molecule has 2 amide bonds. The Kier molecular flexibility index (Phi) is 2.93. The van der Waals surface area contributed by atoms with Crippen molar-refractivity contribution in [1.29, 1.82) is 0 Å². The third-order valence-electron chi connectivity index (χ3n) is 3.52. The third-order valence-corrected chi connectivity index (χ3v) is 3.52. The van der Waals surface area contributed by atoms with Crippen molar-refractivity contribution in [2.75, 3.05) is 6.54 Å². The molecule has 0 spiro atoms. The van der Waals surface area contributed by atoms with Crippen molar-refractivity contribution >= 4 is 11.8 Å². The number of piperazine rings is 1. The van der Waals surface area contributed by atoms with Gasteiger partial charge in [-0.3, -0.25) is 14.6 Å². The van der Waals surface area contributed by atoms with E-state index in [9.17, 15) is 14.0 Å². The summed E-state index contributed by atoms with van der Waals surface area (Å²) in [7, 11) is 0. The van der Waals surface area contributed by atoms with E-state index >= 15 is 0 Å². The molecule has 1 aromatic heterocycles. The zero-order chi connectivity index (χ0) is 13.4. The monoisotopic (exact) mass is 263 g/mol. The number of halogens is 1. The number of nitrogens with zero attached hydrogens (tertiary/aromatic N) is 2. The molecule has 1 N–H and O–H groups in total. The molecule has 1 atom stereocenters. The van der Waals surface area contributed by atoms with Crippen LogP contribution in [0.5, 0.6) is 0 Å². The quantitative estimate of drug-likeness (QED) is 0.861. The molecule has 1 saturated heterocycles. The van der Waals surface area contributed by atoms with Gasteiger partial charge in [0.1, 0.15) is 11.9 Å². The van der Waals surface area contributed by atoms with E-state index in [1.54, 1.807) is 4.90 Å². The van der Waals surface area contributed by atoms with Crippen molar-refractivity contribution in [1.82, 2.24) is 15.2 Å². The lowest BCUT2D eigenvalue weighted by atomic mass is 10.1. The van der Waals surface area contributed by atoms with Crippen molar-refractivity contribution in [2.45, 2.75) is 25.4 Å². The number of carbonyl (C=O) groups is 2. The summed E-state index contributed by atoms with van der Waals surface area (Å²) in [6, 6.07) is 0.932. The molecule has 1 saturated carbocycles.